The number of ether oxygens (including phenoxy) is 2. The molecule has 0 radical (unpaired) electrons. The average molecular weight is 461 g/mol. The molecule has 3 aliphatic rings. The van der Waals surface area contributed by atoms with Crippen LogP contribution in [-0.4, -0.2) is 24.1 Å². The number of carbonyl (C=O) groups excluding carboxylic acids is 2. The average Bonchev–Trinajstić information content (AvgIpc) is 3.40. The van der Waals surface area contributed by atoms with Crippen LogP contribution in [0.1, 0.15) is 79.8 Å². The van der Waals surface area contributed by atoms with Crippen LogP contribution in [0.25, 0.3) is 0 Å². The third-order valence-electron chi connectivity index (χ3n) is 8.67. The molecule has 0 N–H and O–H groups in total. The number of benzene rings is 2. The molecule has 5 rings (SSSR count). The number of hydrogen-bond donors (Lipinski definition) is 0. The summed E-state index contributed by atoms with van der Waals surface area (Å²) in [6.45, 7) is 11.9. The van der Waals surface area contributed by atoms with Crippen molar-refractivity contribution in [3.05, 3.63) is 68.8 Å². The van der Waals surface area contributed by atoms with Crippen molar-refractivity contribution in [1.29, 1.82) is 0 Å². The molecule has 4 heteroatoms. The van der Waals surface area contributed by atoms with E-state index in [1.807, 2.05) is 65.8 Å². The van der Waals surface area contributed by atoms with Crippen molar-refractivity contribution in [3.63, 3.8) is 0 Å². The van der Waals surface area contributed by atoms with Crippen molar-refractivity contribution in [2.75, 3.05) is 0 Å². The molecule has 2 aromatic rings. The molecule has 180 valence electrons. The van der Waals surface area contributed by atoms with E-state index in [-0.39, 0.29) is 24.1 Å². The number of fused-ring (bicyclic) bond motifs is 5. The summed E-state index contributed by atoms with van der Waals surface area (Å²) in [5.74, 6) is 1.44. The highest BCUT2D eigenvalue weighted by Crippen LogP contribution is 2.60. The maximum atomic E-state index is 13.4. The molecular formula is C30H36O4. The van der Waals surface area contributed by atoms with Crippen molar-refractivity contribution >= 4 is 11.9 Å². The van der Waals surface area contributed by atoms with Gasteiger partial charge in [-0.25, -0.2) is 9.59 Å². The van der Waals surface area contributed by atoms with Crippen LogP contribution >= 0.6 is 0 Å². The van der Waals surface area contributed by atoms with E-state index in [2.05, 4.69) is 0 Å². The zero-order valence-electron chi connectivity index (χ0n) is 21.2. The van der Waals surface area contributed by atoms with E-state index >= 15 is 0 Å². The molecule has 0 saturated heterocycles. The molecule has 0 heterocycles. The Bertz CT molecular complexity index is 1120. The monoisotopic (exact) mass is 460 g/mol. The van der Waals surface area contributed by atoms with Crippen molar-refractivity contribution in [2.45, 2.75) is 79.4 Å². The quantitative estimate of drug-likeness (QED) is 0.499. The summed E-state index contributed by atoms with van der Waals surface area (Å²) in [5, 5.41) is 0. The summed E-state index contributed by atoms with van der Waals surface area (Å²) in [4.78, 5) is 26.8. The Morgan fingerprint density at radius 2 is 1.15 bits per heavy atom. The van der Waals surface area contributed by atoms with Gasteiger partial charge in [0.1, 0.15) is 12.2 Å². The molecule has 0 spiro atoms. The number of hydrogen-bond acceptors (Lipinski definition) is 4. The number of aryl methyl sites for hydroxylation is 6. The maximum Gasteiger partial charge on any atom is 0.339 e. The molecular weight excluding hydrogens is 424 g/mol. The topological polar surface area (TPSA) is 52.6 Å². The van der Waals surface area contributed by atoms with Crippen molar-refractivity contribution in [1.82, 2.24) is 0 Å². The van der Waals surface area contributed by atoms with Gasteiger partial charge in [0.2, 0.25) is 0 Å². The number of rotatable bonds is 4. The molecule has 3 fully saturated rings. The van der Waals surface area contributed by atoms with Gasteiger partial charge in [0.05, 0.1) is 11.1 Å². The first-order chi connectivity index (χ1) is 16.1. The van der Waals surface area contributed by atoms with E-state index in [1.54, 1.807) is 0 Å². The van der Waals surface area contributed by atoms with Crippen LogP contribution in [0.15, 0.2) is 24.3 Å². The van der Waals surface area contributed by atoms with Crippen LogP contribution in [0.2, 0.25) is 0 Å². The zero-order valence-corrected chi connectivity index (χ0v) is 21.2. The Morgan fingerprint density at radius 3 is 1.68 bits per heavy atom. The van der Waals surface area contributed by atoms with Crippen LogP contribution in [0, 0.1) is 65.2 Å². The molecule has 4 nitrogen and oxygen atoms in total. The summed E-state index contributed by atoms with van der Waals surface area (Å²) in [6.07, 6.45) is 3.71. The minimum Gasteiger partial charge on any atom is -0.455 e. The van der Waals surface area contributed by atoms with Crippen LogP contribution < -0.4 is 0 Å². The van der Waals surface area contributed by atoms with Gasteiger partial charge in [0, 0.05) is 5.92 Å². The van der Waals surface area contributed by atoms with E-state index in [1.165, 1.54) is 19.3 Å². The largest absolute Gasteiger partial charge is 0.455 e. The first-order valence-electron chi connectivity index (χ1n) is 12.7. The first kappa shape index (κ1) is 23.1. The van der Waals surface area contributed by atoms with Crippen molar-refractivity contribution < 1.29 is 19.1 Å². The van der Waals surface area contributed by atoms with Crippen molar-refractivity contribution in [3.8, 4) is 0 Å². The molecule has 0 aliphatic heterocycles. The second kappa shape index (κ2) is 8.55. The van der Waals surface area contributed by atoms with Gasteiger partial charge in [0.15, 0.2) is 0 Å². The summed E-state index contributed by atoms with van der Waals surface area (Å²) in [7, 11) is 0. The molecule has 6 atom stereocenters. The van der Waals surface area contributed by atoms with Gasteiger partial charge in [-0.2, -0.15) is 0 Å². The van der Waals surface area contributed by atoms with Gasteiger partial charge in [-0.3, -0.25) is 0 Å². The zero-order chi connectivity index (χ0) is 24.3. The Labute approximate surface area is 203 Å². The fourth-order valence-electron chi connectivity index (χ4n) is 7.62. The summed E-state index contributed by atoms with van der Waals surface area (Å²) in [5.41, 5.74) is 7.29. The van der Waals surface area contributed by atoms with Gasteiger partial charge in [-0.05, 0) is 107 Å². The van der Waals surface area contributed by atoms with Crippen LogP contribution in [0.4, 0.5) is 0 Å². The Balaban J connectivity index is 1.43. The summed E-state index contributed by atoms with van der Waals surface area (Å²) < 4.78 is 12.5. The minimum absolute atomic E-state index is 0.285. The lowest BCUT2D eigenvalue weighted by Crippen LogP contribution is -2.37. The third kappa shape index (κ3) is 3.85. The van der Waals surface area contributed by atoms with Gasteiger partial charge in [0.25, 0.3) is 0 Å². The molecule has 2 aromatic carbocycles. The Morgan fingerprint density at radius 1 is 0.676 bits per heavy atom. The van der Waals surface area contributed by atoms with Gasteiger partial charge < -0.3 is 9.47 Å². The molecule has 3 aliphatic carbocycles. The highest BCUT2D eigenvalue weighted by molar-refractivity contribution is 5.94. The lowest BCUT2D eigenvalue weighted by Gasteiger charge is -2.30. The third-order valence-corrected chi connectivity index (χ3v) is 8.67. The predicted octanol–water partition coefficient (Wildman–Crippen LogP) is 6.35. The second-order valence-electron chi connectivity index (χ2n) is 11.2. The highest BCUT2D eigenvalue weighted by Gasteiger charge is 2.59. The maximum absolute atomic E-state index is 13.4. The van der Waals surface area contributed by atoms with E-state index in [9.17, 15) is 9.59 Å². The fraction of sp³-hybridized carbons (Fsp3) is 0.533. The van der Waals surface area contributed by atoms with E-state index in [0.29, 0.717) is 34.8 Å². The van der Waals surface area contributed by atoms with Crippen LogP contribution in [0.3, 0.4) is 0 Å². The van der Waals surface area contributed by atoms with Gasteiger partial charge >= 0.3 is 11.9 Å². The molecule has 6 unspecified atom stereocenters. The van der Waals surface area contributed by atoms with Crippen LogP contribution in [0.5, 0.6) is 0 Å². The Kier molecular flexibility index (Phi) is 5.82. The smallest absolute Gasteiger partial charge is 0.339 e. The number of carbonyl (C=O) groups is 2. The SMILES string of the molecule is Cc1cc(C)c(C(=O)OC2CC3C4CCC(C4)C3C2OC(=O)c2c(C)cc(C)cc2C)c(C)c1. The fourth-order valence-corrected chi connectivity index (χ4v) is 7.62. The van der Waals surface area contributed by atoms with Gasteiger partial charge in [-0.1, -0.05) is 35.4 Å². The molecule has 2 bridgehead atoms. The lowest BCUT2D eigenvalue weighted by atomic mass is 9.81. The summed E-state index contributed by atoms with van der Waals surface area (Å²) in [6, 6.07) is 8.10. The minimum atomic E-state index is -0.388. The number of esters is 2. The van der Waals surface area contributed by atoms with E-state index in [4.69, 9.17) is 9.47 Å². The summed E-state index contributed by atoms with van der Waals surface area (Å²) >= 11 is 0. The lowest BCUT2D eigenvalue weighted by molar-refractivity contribution is -0.0418. The van der Waals surface area contributed by atoms with Gasteiger partial charge in [-0.15, -0.1) is 0 Å². The molecule has 0 aromatic heterocycles. The Hall–Kier alpha value is -2.62. The second-order valence-corrected chi connectivity index (χ2v) is 11.2. The molecule has 3 saturated carbocycles. The highest BCUT2D eigenvalue weighted by atomic mass is 16.6. The normalized spacial score (nSPS) is 29.2. The van der Waals surface area contributed by atoms with Crippen LogP contribution in [-0.2, 0) is 9.47 Å². The van der Waals surface area contributed by atoms with E-state index in [0.717, 1.165) is 39.8 Å². The predicted molar refractivity (Wildman–Crippen MR) is 132 cm³/mol. The molecule has 34 heavy (non-hydrogen) atoms. The standard InChI is InChI=1S/C30H36O4/c1-15-9-17(3)25(18(4)10-15)29(31)33-24-14-23-21-7-8-22(13-21)27(23)28(24)34-30(32)26-19(5)11-16(2)12-20(26)6/h9-12,21-24,27-28H,7-8,13-14H2,1-6H3. The molecule has 0 amide bonds. The first-order valence-corrected chi connectivity index (χ1v) is 12.7. The van der Waals surface area contributed by atoms with E-state index < -0.39 is 0 Å². The van der Waals surface area contributed by atoms with Crippen molar-refractivity contribution in [2.24, 2.45) is 23.7 Å².